The minimum Gasteiger partial charge on any atom is -0.380 e. The summed E-state index contributed by atoms with van der Waals surface area (Å²) in [5, 5.41) is 10.7. The predicted octanol–water partition coefficient (Wildman–Crippen LogP) is 4.48. The SMILES string of the molecule is [C-]#[N+]c1ccc(CC(=O)[C@@](C)(O)Cn2cnc3cc(C)ccc32)cc1C(F)(F)F. The molecule has 2 aromatic carbocycles. The molecule has 0 amide bonds. The molecule has 3 rings (SSSR count). The first-order valence-corrected chi connectivity index (χ1v) is 8.76. The maximum absolute atomic E-state index is 13.1. The summed E-state index contributed by atoms with van der Waals surface area (Å²) in [7, 11) is 0. The molecule has 0 aliphatic carbocycles. The summed E-state index contributed by atoms with van der Waals surface area (Å²) in [6, 6.07) is 8.72. The Morgan fingerprint density at radius 1 is 1.24 bits per heavy atom. The molecule has 1 N–H and O–H groups in total. The quantitative estimate of drug-likeness (QED) is 0.642. The van der Waals surface area contributed by atoms with E-state index in [1.54, 1.807) is 4.57 Å². The fourth-order valence-electron chi connectivity index (χ4n) is 3.11. The molecular weight excluding hydrogens is 383 g/mol. The molecule has 0 spiro atoms. The maximum Gasteiger partial charge on any atom is 0.407 e. The molecule has 0 bridgehead atoms. The first-order chi connectivity index (χ1) is 13.5. The lowest BCUT2D eigenvalue weighted by molar-refractivity contribution is -0.138. The lowest BCUT2D eigenvalue weighted by Crippen LogP contribution is -2.40. The largest absolute Gasteiger partial charge is 0.407 e. The van der Waals surface area contributed by atoms with Crippen LogP contribution in [-0.2, 0) is 23.9 Å². The van der Waals surface area contributed by atoms with E-state index in [2.05, 4.69) is 9.83 Å². The van der Waals surface area contributed by atoms with Crippen LogP contribution in [0.1, 0.15) is 23.6 Å². The van der Waals surface area contributed by atoms with Crippen LogP contribution in [0.3, 0.4) is 0 Å². The molecular formula is C21H18F3N3O2. The Morgan fingerprint density at radius 3 is 2.62 bits per heavy atom. The molecule has 150 valence electrons. The van der Waals surface area contributed by atoms with Crippen LogP contribution in [0.15, 0.2) is 42.7 Å². The van der Waals surface area contributed by atoms with Crippen LogP contribution in [0.2, 0.25) is 0 Å². The highest BCUT2D eigenvalue weighted by atomic mass is 19.4. The number of rotatable bonds is 5. The molecule has 0 unspecified atom stereocenters. The summed E-state index contributed by atoms with van der Waals surface area (Å²) < 4.78 is 41.0. The van der Waals surface area contributed by atoms with Crippen molar-refractivity contribution in [3.63, 3.8) is 0 Å². The molecule has 5 nitrogen and oxygen atoms in total. The molecule has 1 atom stereocenters. The molecule has 8 heteroatoms. The Labute approximate surface area is 165 Å². The second kappa shape index (κ2) is 7.33. The van der Waals surface area contributed by atoms with E-state index in [1.165, 1.54) is 19.3 Å². The number of carbonyl (C=O) groups excluding carboxylic acids is 1. The first kappa shape index (κ1) is 20.6. The van der Waals surface area contributed by atoms with E-state index >= 15 is 0 Å². The number of alkyl halides is 3. The molecule has 0 aliphatic heterocycles. The van der Waals surface area contributed by atoms with Crippen molar-refractivity contribution in [2.45, 2.75) is 38.6 Å². The monoisotopic (exact) mass is 401 g/mol. The molecule has 0 saturated heterocycles. The average molecular weight is 401 g/mol. The summed E-state index contributed by atoms with van der Waals surface area (Å²) in [4.78, 5) is 19.8. The minimum atomic E-state index is -4.70. The molecule has 29 heavy (non-hydrogen) atoms. The highest BCUT2D eigenvalue weighted by Crippen LogP contribution is 2.37. The van der Waals surface area contributed by atoms with Gasteiger partial charge in [-0.25, -0.2) is 9.83 Å². The summed E-state index contributed by atoms with van der Waals surface area (Å²) in [5.74, 6) is -0.629. The summed E-state index contributed by atoms with van der Waals surface area (Å²) in [5.41, 5.74) is -0.860. The highest BCUT2D eigenvalue weighted by Gasteiger charge is 2.35. The number of hydrogen-bond donors (Lipinski definition) is 1. The fourth-order valence-corrected chi connectivity index (χ4v) is 3.11. The number of nitrogens with zero attached hydrogens (tertiary/aromatic N) is 3. The van der Waals surface area contributed by atoms with Gasteiger partial charge in [0.05, 0.1) is 36.0 Å². The number of aryl methyl sites for hydroxylation is 1. The van der Waals surface area contributed by atoms with Gasteiger partial charge in [-0.2, -0.15) is 13.2 Å². The van der Waals surface area contributed by atoms with Crippen LogP contribution in [-0.4, -0.2) is 26.0 Å². The van der Waals surface area contributed by atoms with Crippen molar-refractivity contribution >= 4 is 22.5 Å². The normalized spacial score (nSPS) is 13.8. The summed E-state index contributed by atoms with van der Waals surface area (Å²) >= 11 is 0. The number of aliphatic hydroxyl groups is 1. The third kappa shape index (κ3) is 4.30. The number of ketones is 1. The second-order valence-electron chi connectivity index (χ2n) is 7.20. The van der Waals surface area contributed by atoms with Gasteiger partial charge < -0.3 is 9.67 Å². The standard InChI is InChI=1S/C21H18F3N3O2/c1-13-4-7-18-17(8-13)26-12-27(18)11-20(2,29)19(28)10-14-5-6-16(25-3)15(9-14)21(22,23)24/h4-9,12,29H,10-11H2,1-2H3/t20-/m0/s1. The molecule has 0 radical (unpaired) electrons. The van der Waals surface area contributed by atoms with Crippen LogP contribution in [0.5, 0.6) is 0 Å². The van der Waals surface area contributed by atoms with Gasteiger partial charge in [-0.3, -0.25) is 4.79 Å². The number of benzene rings is 2. The van der Waals surface area contributed by atoms with Gasteiger partial charge in [-0.1, -0.05) is 24.3 Å². The van der Waals surface area contributed by atoms with Gasteiger partial charge in [0.25, 0.3) is 0 Å². The Balaban J connectivity index is 1.83. The van der Waals surface area contributed by atoms with E-state index in [-0.39, 0.29) is 18.5 Å². The van der Waals surface area contributed by atoms with Crippen molar-refractivity contribution in [2.75, 3.05) is 0 Å². The van der Waals surface area contributed by atoms with Crippen molar-refractivity contribution in [3.8, 4) is 0 Å². The lowest BCUT2D eigenvalue weighted by atomic mass is 9.94. The van der Waals surface area contributed by atoms with Crippen LogP contribution in [0.25, 0.3) is 15.9 Å². The van der Waals surface area contributed by atoms with Crippen LogP contribution >= 0.6 is 0 Å². The Kier molecular flexibility index (Phi) is 5.20. The van der Waals surface area contributed by atoms with Crippen molar-refractivity contribution in [2.24, 2.45) is 0 Å². The zero-order chi connectivity index (χ0) is 21.4. The zero-order valence-electron chi connectivity index (χ0n) is 15.8. The van der Waals surface area contributed by atoms with Crippen molar-refractivity contribution < 1.29 is 23.1 Å². The van der Waals surface area contributed by atoms with Gasteiger partial charge in [0.1, 0.15) is 5.60 Å². The number of fused-ring (bicyclic) bond motifs is 1. The zero-order valence-corrected chi connectivity index (χ0v) is 15.8. The molecule has 3 aromatic rings. The summed E-state index contributed by atoms with van der Waals surface area (Å²) in [6.45, 7) is 10.0. The molecule has 0 aliphatic rings. The third-order valence-corrected chi connectivity index (χ3v) is 4.71. The van der Waals surface area contributed by atoms with E-state index in [4.69, 9.17) is 6.57 Å². The van der Waals surface area contributed by atoms with Gasteiger partial charge in [0, 0.05) is 6.42 Å². The minimum absolute atomic E-state index is 0.0844. The third-order valence-electron chi connectivity index (χ3n) is 4.71. The van der Waals surface area contributed by atoms with E-state index < -0.39 is 28.8 Å². The number of hydrogen-bond acceptors (Lipinski definition) is 3. The Bertz CT molecular complexity index is 1120. The predicted molar refractivity (Wildman–Crippen MR) is 102 cm³/mol. The van der Waals surface area contributed by atoms with Gasteiger partial charge in [-0.05, 0) is 37.1 Å². The van der Waals surface area contributed by atoms with E-state index in [9.17, 15) is 23.1 Å². The molecule has 0 fully saturated rings. The molecule has 1 aromatic heterocycles. The van der Waals surface area contributed by atoms with E-state index in [1.807, 2.05) is 25.1 Å². The lowest BCUT2D eigenvalue weighted by Gasteiger charge is -2.23. The number of aromatic nitrogens is 2. The van der Waals surface area contributed by atoms with Crippen LogP contribution in [0, 0.1) is 13.5 Å². The van der Waals surface area contributed by atoms with Gasteiger partial charge in [-0.15, -0.1) is 0 Å². The average Bonchev–Trinajstić information content (AvgIpc) is 3.02. The van der Waals surface area contributed by atoms with Gasteiger partial charge in [0.15, 0.2) is 11.5 Å². The topological polar surface area (TPSA) is 59.5 Å². The number of carbonyl (C=O) groups is 1. The number of imidazole rings is 1. The van der Waals surface area contributed by atoms with Gasteiger partial charge >= 0.3 is 6.18 Å². The Morgan fingerprint density at radius 2 is 1.97 bits per heavy atom. The highest BCUT2D eigenvalue weighted by molar-refractivity contribution is 5.89. The second-order valence-corrected chi connectivity index (χ2v) is 7.20. The maximum atomic E-state index is 13.1. The molecule has 0 saturated carbocycles. The van der Waals surface area contributed by atoms with Crippen molar-refractivity contribution in [3.05, 3.63) is 70.8 Å². The van der Waals surface area contributed by atoms with Crippen LogP contribution < -0.4 is 0 Å². The van der Waals surface area contributed by atoms with E-state index in [0.29, 0.717) is 0 Å². The number of Topliss-reactive ketones (excluding diaryl/α,β-unsaturated/α-hetero) is 1. The first-order valence-electron chi connectivity index (χ1n) is 8.76. The molecule has 1 heterocycles. The summed E-state index contributed by atoms with van der Waals surface area (Å²) in [6.07, 6.45) is -3.58. The Hall–Kier alpha value is -3.18. The van der Waals surface area contributed by atoms with Crippen molar-refractivity contribution in [1.29, 1.82) is 0 Å². The fraction of sp³-hybridized carbons (Fsp3) is 0.286. The van der Waals surface area contributed by atoms with Crippen LogP contribution in [0.4, 0.5) is 18.9 Å². The number of halogens is 3. The van der Waals surface area contributed by atoms with E-state index in [0.717, 1.165) is 28.7 Å². The smallest absolute Gasteiger partial charge is 0.380 e. The van der Waals surface area contributed by atoms with Crippen molar-refractivity contribution in [1.82, 2.24) is 9.55 Å². The van der Waals surface area contributed by atoms with Gasteiger partial charge in [0.2, 0.25) is 0 Å².